The maximum absolute atomic E-state index is 10.2. The molecule has 0 N–H and O–H groups in total. The fraction of sp³-hybridized carbons (Fsp3) is 0. The highest BCUT2D eigenvalue weighted by molar-refractivity contribution is 6.24. The zero-order chi connectivity index (χ0) is 28.9. The molecule has 0 atom stereocenters. The van der Waals surface area contributed by atoms with E-state index in [1.165, 1.54) is 0 Å². The molecule has 0 spiro atoms. The first-order valence-corrected chi connectivity index (χ1v) is 14.0. The van der Waals surface area contributed by atoms with Gasteiger partial charge in [0.25, 0.3) is 0 Å². The molecule has 200 valence electrons. The second-order valence-corrected chi connectivity index (χ2v) is 10.4. The van der Waals surface area contributed by atoms with E-state index in [-0.39, 0.29) is 0 Å². The summed E-state index contributed by atoms with van der Waals surface area (Å²) in [6.07, 6.45) is 0. The minimum atomic E-state index is 0.341. The van der Waals surface area contributed by atoms with Gasteiger partial charge in [-0.25, -0.2) is 0 Å². The van der Waals surface area contributed by atoms with E-state index in [0.717, 1.165) is 60.8 Å². The molecule has 0 aliphatic rings. The van der Waals surface area contributed by atoms with Crippen molar-refractivity contribution < 1.29 is 4.42 Å². The summed E-state index contributed by atoms with van der Waals surface area (Å²) in [5.74, 6) is 0. The van der Waals surface area contributed by atoms with Crippen molar-refractivity contribution in [2.75, 3.05) is 4.90 Å². The minimum absolute atomic E-state index is 0.341. The Bertz CT molecular complexity index is 2380. The summed E-state index contributed by atoms with van der Waals surface area (Å²) in [5, 5.41) is 24.0. The number of hydrogen-bond acceptors (Lipinski definition) is 4. The van der Waals surface area contributed by atoms with Crippen LogP contribution in [0.1, 0.15) is 11.1 Å². The van der Waals surface area contributed by atoms with Gasteiger partial charge in [-0.1, -0.05) is 60.7 Å². The molecule has 8 rings (SSSR count). The number of anilines is 3. The van der Waals surface area contributed by atoms with Crippen LogP contribution in [-0.2, 0) is 0 Å². The number of aromatic nitrogens is 1. The molecule has 5 heteroatoms. The van der Waals surface area contributed by atoms with Crippen molar-refractivity contribution in [1.82, 2.24) is 4.57 Å². The third-order valence-electron chi connectivity index (χ3n) is 8.06. The number of benzene rings is 6. The maximum atomic E-state index is 10.2. The lowest BCUT2D eigenvalue weighted by Crippen LogP contribution is -2.09. The van der Waals surface area contributed by atoms with E-state index in [1.807, 2.05) is 66.7 Å². The zero-order valence-electron chi connectivity index (χ0n) is 22.9. The van der Waals surface area contributed by atoms with Crippen LogP contribution < -0.4 is 4.90 Å². The van der Waals surface area contributed by atoms with E-state index in [9.17, 15) is 10.5 Å². The van der Waals surface area contributed by atoms with Crippen molar-refractivity contribution in [2.45, 2.75) is 0 Å². The van der Waals surface area contributed by atoms with Crippen LogP contribution in [0, 0.1) is 22.7 Å². The SMILES string of the molecule is N#Cc1cccc(-n2c3ccc(N(c4ccccc4)c4ccccc4)cc3c3c4oc5ccccc5c4ccc32)c1C#N. The minimum Gasteiger partial charge on any atom is -0.455 e. The number of fused-ring (bicyclic) bond motifs is 7. The van der Waals surface area contributed by atoms with Gasteiger partial charge in [0.05, 0.1) is 33.2 Å². The van der Waals surface area contributed by atoms with E-state index in [0.29, 0.717) is 16.8 Å². The average Bonchev–Trinajstić information content (AvgIpc) is 3.61. The summed E-state index contributed by atoms with van der Waals surface area (Å²) in [6, 6.07) is 49.1. The summed E-state index contributed by atoms with van der Waals surface area (Å²) >= 11 is 0. The number of nitriles is 2. The second kappa shape index (κ2) is 9.66. The third kappa shape index (κ3) is 3.70. The molecule has 0 aliphatic heterocycles. The Morgan fingerprint density at radius 2 is 1.26 bits per heavy atom. The Morgan fingerprint density at radius 1 is 0.558 bits per heavy atom. The Kier molecular flexibility index (Phi) is 5.50. The predicted molar refractivity (Wildman–Crippen MR) is 172 cm³/mol. The van der Waals surface area contributed by atoms with Crippen molar-refractivity contribution in [3.05, 3.63) is 145 Å². The first-order chi connectivity index (χ1) is 21.3. The van der Waals surface area contributed by atoms with Gasteiger partial charge in [0.1, 0.15) is 23.3 Å². The molecule has 0 radical (unpaired) electrons. The first kappa shape index (κ1) is 24.5. The molecule has 6 aromatic carbocycles. The van der Waals surface area contributed by atoms with E-state index >= 15 is 0 Å². The molecule has 5 nitrogen and oxygen atoms in total. The van der Waals surface area contributed by atoms with Crippen molar-refractivity contribution >= 4 is 60.8 Å². The topological polar surface area (TPSA) is 68.9 Å². The highest BCUT2D eigenvalue weighted by Crippen LogP contribution is 2.44. The van der Waals surface area contributed by atoms with Gasteiger partial charge in [0.15, 0.2) is 0 Å². The zero-order valence-corrected chi connectivity index (χ0v) is 22.9. The monoisotopic (exact) mass is 550 g/mol. The van der Waals surface area contributed by atoms with Crippen molar-refractivity contribution in [2.24, 2.45) is 0 Å². The molecular formula is C38H22N4O. The first-order valence-electron chi connectivity index (χ1n) is 14.0. The van der Waals surface area contributed by atoms with Gasteiger partial charge in [-0.2, -0.15) is 10.5 Å². The molecule has 0 aliphatic carbocycles. The van der Waals surface area contributed by atoms with Crippen LogP contribution in [0.3, 0.4) is 0 Å². The normalized spacial score (nSPS) is 11.2. The molecule has 0 bridgehead atoms. The van der Waals surface area contributed by atoms with Crippen molar-refractivity contribution in [3.8, 4) is 17.8 Å². The number of para-hydroxylation sites is 3. The van der Waals surface area contributed by atoms with E-state index in [1.54, 1.807) is 6.07 Å². The highest BCUT2D eigenvalue weighted by Gasteiger charge is 2.22. The lowest BCUT2D eigenvalue weighted by Gasteiger charge is -2.25. The van der Waals surface area contributed by atoms with Crippen molar-refractivity contribution in [1.29, 1.82) is 10.5 Å². The quantitative estimate of drug-likeness (QED) is 0.219. The van der Waals surface area contributed by atoms with E-state index in [2.05, 4.69) is 82.3 Å². The number of rotatable bonds is 4. The van der Waals surface area contributed by atoms with Gasteiger partial charge in [0.2, 0.25) is 0 Å². The van der Waals surface area contributed by atoms with Gasteiger partial charge < -0.3 is 13.9 Å². The molecule has 2 aromatic heterocycles. The Hall–Kier alpha value is -6.30. The van der Waals surface area contributed by atoms with E-state index < -0.39 is 0 Å². The Balaban J connectivity index is 1.51. The third-order valence-corrected chi connectivity index (χ3v) is 8.06. The van der Waals surface area contributed by atoms with Gasteiger partial charge in [-0.05, 0) is 72.8 Å². The summed E-state index contributed by atoms with van der Waals surface area (Å²) < 4.78 is 8.63. The lowest BCUT2D eigenvalue weighted by atomic mass is 10.1. The molecular weight excluding hydrogens is 528 g/mol. The maximum Gasteiger partial charge on any atom is 0.145 e. The van der Waals surface area contributed by atoms with Gasteiger partial charge in [-0.3, -0.25) is 0 Å². The molecule has 2 heterocycles. The number of hydrogen-bond donors (Lipinski definition) is 0. The van der Waals surface area contributed by atoms with Crippen LogP contribution in [0.5, 0.6) is 0 Å². The highest BCUT2D eigenvalue weighted by atomic mass is 16.3. The smallest absolute Gasteiger partial charge is 0.145 e. The Morgan fingerprint density at radius 3 is 1.98 bits per heavy atom. The molecule has 43 heavy (non-hydrogen) atoms. The van der Waals surface area contributed by atoms with Crippen LogP contribution >= 0.6 is 0 Å². The second-order valence-electron chi connectivity index (χ2n) is 10.4. The summed E-state index contributed by atoms with van der Waals surface area (Å²) in [4.78, 5) is 2.23. The summed E-state index contributed by atoms with van der Waals surface area (Å²) in [7, 11) is 0. The Labute approximate surface area is 247 Å². The number of nitrogens with zero attached hydrogens (tertiary/aromatic N) is 4. The van der Waals surface area contributed by atoms with Crippen LogP contribution in [-0.4, -0.2) is 4.57 Å². The van der Waals surface area contributed by atoms with E-state index in [4.69, 9.17) is 4.42 Å². The van der Waals surface area contributed by atoms with Gasteiger partial charge >= 0.3 is 0 Å². The summed E-state index contributed by atoms with van der Waals surface area (Å²) in [6.45, 7) is 0. The largest absolute Gasteiger partial charge is 0.455 e. The van der Waals surface area contributed by atoms with Crippen LogP contribution in [0.15, 0.2) is 138 Å². The van der Waals surface area contributed by atoms with Crippen LogP contribution in [0.25, 0.3) is 49.4 Å². The molecule has 0 unspecified atom stereocenters. The van der Waals surface area contributed by atoms with Gasteiger partial charge in [0, 0.05) is 33.2 Å². The van der Waals surface area contributed by atoms with Crippen LogP contribution in [0.4, 0.5) is 17.1 Å². The van der Waals surface area contributed by atoms with Gasteiger partial charge in [-0.15, -0.1) is 0 Å². The fourth-order valence-corrected chi connectivity index (χ4v) is 6.21. The molecule has 0 amide bonds. The molecule has 0 saturated heterocycles. The fourth-order valence-electron chi connectivity index (χ4n) is 6.21. The predicted octanol–water partition coefficient (Wildman–Crippen LogP) is 9.90. The molecule has 8 aromatic rings. The lowest BCUT2D eigenvalue weighted by molar-refractivity contribution is 0.673. The van der Waals surface area contributed by atoms with Crippen molar-refractivity contribution in [3.63, 3.8) is 0 Å². The standard InChI is InChI=1S/C38H22N4O/c39-23-25-10-9-16-33(32(25)24-40)42-34-20-18-28(41(26-11-3-1-4-12-26)27-13-5-2-6-14-27)22-31(34)37-35(42)21-19-30-29-15-7-8-17-36(29)43-38(30)37/h1-22H. The molecule has 0 saturated carbocycles. The summed E-state index contributed by atoms with van der Waals surface area (Å²) in [5.41, 5.74) is 7.84. The van der Waals surface area contributed by atoms with Crippen LogP contribution in [0.2, 0.25) is 0 Å². The average molecular weight is 551 g/mol. The number of furan rings is 1. The molecule has 0 fully saturated rings.